The number of pyridine rings is 1. The summed E-state index contributed by atoms with van der Waals surface area (Å²) in [6.45, 7) is 0. The van der Waals surface area contributed by atoms with Crippen molar-refractivity contribution in [2.75, 3.05) is 0 Å². The first-order valence-corrected chi connectivity index (χ1v) is 7.69. The number of nitrogens with zero attached hydrogens (tertiary/aromatic N) is 1. The van der Waals surface area contributed by atoms with Crippen molar-refractivity contribution in [1.82, 2.24) is 4.98 Å². The molecule has 0 N–H and O–H groups in total. The zero-order valence-corrected chi connectivity index (χ0v) is 12.7. The van der Waals surface area contributed by atoms with Gasteiger partial charge in [0.05, 0.1) is 5.69 Å². The van der Waals surface area contributed by atoms with E-state index in [1.54, 1.807) is 12.3 Å². The van der Waals surface area contributed by atoms with Gasteiger partial charge in [0.15, 0.2) is 10.0 Å². The zero-order chi connectivity index (χ0) is 13.6. The lowest BCUT2D eigenvalue weighted by Gasteiger charge is -2.66. The molecule has 102 valence electrons. The largest absolute Gasteiger partial charge is 0.261 e. The van der Waals surface area contributed by atoms with Crippen molar-refractivity contribution in [2.24, 2.45) is 5.92 Å². The predicted octanol–water partition coefficient (Wildman–Crippen LogP) is 4.74. The molecule has 1 aromatic heterocycles. The second-order valence-corrected chi connectivity index (χ2v) is 8.78. The monoisotopic (exact) mass is 339 g/mol. The van der Waals surface area contributed by atoms with Gasteiger partial charge < -0.3 is 0 Å². The van der Waals surface area contributed by atoms with Crippen LogP contribution in [-0.2, 0) is 0 Å². The van der Waals surface area contributed by atoms with Gasteiger partial charge in [-0.2, -0.15) is 0 Å². The summed E-state index contributed by atoms with van der Waals surface area (Å²) in [6, 6.07) is 3.67. The second kappa shape index (κ2) is 3.52. The van der Waals surface area contributed by atoms with Crippen molar-refractivity contribution in [3.8, 4) is 0 Å². The number of rotatable bonds is 0. The highest BCUT2D eigenvalue weighted by molar-refractivity contribution is 6.51. The molecule has 0 amide bonds. The molecule has 1 heterocycles. The Morgan fingerprint density at radius 3 is 2.58 bits per heavy atom. The van der Waals surface area contributed by atoms with Gasteiger partial charge in [0.1, 0.15) is 4.33 Å². The summed E-state index contributed by atoms with van der Waals surface area (Å²) in [5.74, 6) is -0.971. The van der Waals surface area contributed by atoms with Crippen LogP contribution < -0.4 is 0 Å². The smallest absolute Gasteiger partial charge is 0.154 e. The standard InChI is InChI=1S/C13H10Cl4FN/c14-11(15)4-8-9(11)10-6(2-1-3-19-10)7-5-12(16,17)13(7,8)18/h1-3,7-9H,4-5H2. The first-order valence-electron chi connectivity index (χ1n) is 6.18. The summed E-state index contributed by atoms with van der Waals surface area (Å²) in [4.78, 5) is 4.37. The topological polar surface area (TPSA) is 12.9 Å². The highest BCUT2D eigenvalue weighted by Gasteiger charge is 2.78. The fraction of sp³-hybridized carbons (Fsp3) is 0.615. The zero-order valence-electron chi connectivity index (χ0n) is 9.72. The van der Waals surface area contributed by atoms with E-state index in [1.165, 1.54) is 0 Å². The number of aromatic nitrogens is 1. The Hall–Kier alpha value is 0.240. The van der Waals surface area contributed by atoms with E-state index in [0.29, 0.717) is 12.8 Å². The van der Waals surface area contributed by atoms with Crippen molar-refractivity contribution in [2.45, 2.75) is 39.0 Å². The fourth-order valence-corrected chi connectivity index (χ4v) is 5.68. The van der Waals surface area contributed by atoms with Crippen LogP contribution in [0.25, 0.3) is 0 Å². The molecule has 0 bridgehead atoms. The van der Waals surface area contributed by atoms with Gasteiger partial charge in [0.2, 0.25) is 0 Å². The van der Waals surface area contributed by atoms with E-state index in [-0.39, 0.29) is 17.8 Å². The van der Waals surface area contributed by atoms with Gasteiger partial charge >= 0.3 is 0 Å². The predicted molar refractivity (Wildman–Crippen MR) is 75.2 cm³/mol. The van der Waals surface area contributed by atoms with Crippen molar-refractivity contribution in [3.63, 3.8) is 0 Å². The summed E-state index contributed by atoms with van der Waals surface area (Å²) < 4.78 is 13.1. The van der Waals surface area contributed by atoms with Crippen molar-refractivity contribution in [1.29, 1.82) is 0 Å². The minimum absolute atomic E-state index is 0.295. The van der Waals surface area contributed by atoms with Gasteiger partial charge in [-0.05, 0) is 24.5 Å². The van der Waals surface area contributed by atoms with Crippen LogP contribution >= 0.6 is 46.4 Å². The Morgan fingerprint density at radius 1 is 1.21 bits per heavy atom. The molecule has 19 heavy (non-hydrogen) atoms. The molecule has 4 rings (SSSR count). The van der Waals surface area contributed by atoms with Crippen molar-refractivity contribution < 1.29 is 4.39 Å². The summed E-state index contributed by atoms with van der Waals surface area (Å²) in [5.41, 5.74) is 0.0174. The maximum absolute atomic E-state index is 15.4. The summed E-state index contributed by atoms with van der Waals surface area (Å²) in [6.07, 6.45) is 2.47. The molecular formula is C13H10Cl4FN. The Bertz CT molecular complexity index is 576. The van der Waals surface area contributed by atoms with Crippen LogP contribution in [-0.4, -0.2) is 19.3 Å². The van der Waals surface area contributed by atoms with E-state index < -0.39 is 14.3 Å². The number of alkyl halides is 5. The van der Waals surface area contributed by atoms with E-state index in [4.69, 9.17) is 46.4 Å². The Kier molecular flexibility index (Phi) is 2.40. The first-order chi connectivity index (χ1) is 8.79. The fourth-order valence-electron chi connectivity index (χ4n) is 3.99. The normalized spacial score (nSPS) is 44.2. The third-order valence-electron chi connectivity index (χ3n) is 4.96. The van der Waals surface area contributed by atoms with E-state index in [0.717, 1.165) is 11.3 Å². The molecule has 1 aromatic rings. The summed E-state index contributed by atoms with van der Waals surface area (Å²) in [5, 5.41) is 0. The second-order valence-electron chi connectivity index (χ2n) is 5.76. The van der Waals surface area contributed by atoms with Gasteiger partial charge in [-0.25, -0.2) is 4.39 Å². The third-order valence-corrected chi connectivity index (χ3v) is 6.63. The molecule has 0 aliphatic heterocycles. The molecule has 0 aromatic carbocycles. The SMILES string of the molecule is FC12C(CC1(Cl)Cl)c1cccnc1C1C2CC1(Cl)Cl. The molecule has 6 heteroatoms. The van der Waals surface area contributed by atoms with Crippen LogP contribution in [0.2, 0.25) is 0 Å². The Labute approximate surface area is 130 Å². The van der Waals surface area contributed by atoms with Crippen molar-refractivity contribution in [3.05, 3.63) is 29.6 Å². The molecule has 4 unspecified atom stereocenters. The molecule has 2 fully saturated rings. The molecule has 3 aliphatic rings. The highest BCUT2D eigenvalue weighted by atomic mass is 35.5. The molecule has 1 nitrogen and oxygen atoms in total. The van der Waals surface area contributed by atoms with Gasteiger partial charge in [-0.15, -0.1) is 23.2 Å². The number of hydrogen-bond acceptors (Lipinski definition) is 1. The summed E-state index contributed by atoms with van der Waals surface area (Å²) in [7, 11) is 0. The molecule has 2 saturated carbocycles. The Balaban J connectivity index is 1.92. The molecule has 0 spiro atoms. The number of hydrogen-bond donors (Lipinski definition) is 0. The molecule has 0 radical (unpaired) electrons. The first kappa shape index (κ1) is 12.9. The average Bonchev–Trinajstić information content (AvgIpc) is 2.32. The van der Waals surface area contributed by atoms with Crippen LogP contribution in [0.1, 0.15) is 35.9 Å². The highest BCUT2D eigenvalue weighted by Crippen LogP contribution is 2.76. The molecule has 3 aliphatic carbocycles. The number of halogens is 5. The molecule has 4 atom stereocenters. The average molecular weight is 341 g/mol. The minimum atomic E-state index is -1.65. The lowest BCUT2D eigenvalue weighted by atomic mass is 9.47. The minimum Gasteiger partial charge on any atom is -0.261 e. The van der Waals surface area contributed by atoms with Gasteiger partial charge in [-0.1, -0.05) is 29.3 Å². The maximum atomic E-state index is 15.4. The van der Waals surface area contributed by atoms with E-state index in [9.17, 15) is 0 Å². The molecule has 0 saturated heterocycles. The van der Waals surface area contributed by atoms with E-state index in [2.05, 4.69) is 4.98 Å². The lowest BCUT2D eigenvalue weighted by Crippen LogP contribution is -2.71. The van der Waals surface area contributed by atoms with Crippen molar-refractivity contribution >= 4 is 46.4 Å². The van der Waals surface area contributed by atoms with Gasteiger partial charge in [0, 0.05) is 24.0 Å². The number of fused-ring (bicyclic) bond motifs is 6. The quantitative estimate of drug-likeness (QED) is 0.621. The summed E-state index contributed by atoms with van der Waals surface area (Å²) >= 11 is 24.9. The third kappa shape index (κ3) is 1.33. The van der Waals surface area contributed by atoms with Crippen LogP contribution in [0.3, 0.4) is 0 Å². The van der Waals surface area contributed by atoms with E-state index in [1.807, 2.05) is 6.07 Å². The molecular weight excluding hydrogens is 331 g/mol. The van der Waals surface area contributed by atoms with Gasteiger partial charge in [-0.3, -0.25) is 4.98 Å². The lowest BCUT2D eigenvalue weighted by molar-refractivity contribution is -0.0973. The van der Waals surface area contributed by atoms with Gasteiger partial charge in [0.25, 0.3) is 0 Å². The van der Waals surface area contributed by atoms with E-state index >= 15 is 4.39 Å². The van der Waals surface area contributed by atoms with Crippen LogP contribution in [0.15, 0.2) is 18.3 Å². The van der Waals surface area contributed by atoms with Crippen LogP contribution in [0.5, 0.6) is 0 Å². The maximum Gasteiger partial charge on any atom is 0.154 e. The Morgan fingerprint density at radius 2 is 1.95 bits per heavy atom. The van der Waals surface area contributed by atoms with Crippen LogP contribution in [0.4, 0.5) is 4.39 Å². The van der Waals surface area contributed by atoms with Crippen LogP contribution in [0, 0.1) is 5.92 Å².